The summed E-state index contributed by atoms with van der Waals surface area (Å²) in [7, 11) is 0. The van der Waals surface area contributed by atoms with E-state index in [4.69, 9.17) is 0 Å². The van der Waals surface area contributed by atoms with Crippen LogP contribution in [0.4, 0.5) is 27.6 Å². The van der Waals surface area contributed by atoms with Crippen LogP contribution in [0.3, 0.4) is 0 Å². The lowest BCUT2D eigenvalue weighted by atomic mass is 9.89. The highest BCUT2D eigenvalue weighted by Crippen LogP contribution is 2.42. The minimum atomic E-state index is -4.46. The highest BCUT2D eigenvalue weighted by atomic mass is 19.4. The number of hydrogen-bond acceptors (Lipinski definition) is 1. The van der Waals surface area contributed by atoms with Crippen molar-refractivity contribution >= 4 is 34.0 Å². The first-order valence-electron chi connectivity index (χ1n) is 9.34. The van der Waals surface area contributed by atoms with E-state index in [-0.39, 0.29) is 0 Å². The molecule has 0 atom stereocenters. The van der Waals surface area contributed by atoms with Gasteiger partial charge in [-0.1, -0.05) is 12.1 Å². The van der Waals surface area contributed by atoms with Gasteiger partial charge in [-0.3, -0.25) is 4.99 Å². The van der Waals surface area contributed by atoms with Crippen LogP contribution in [0, 0.1) is 11.6 Å². The van der Waals surface area contributed by atoms with Gasteiger partial charge in [-0.15, -0.1) is 0 Å². The molecule has 1 N–H and O–H groups in total. The topological polar surface area (TPSA) is 28.1 Å². The molecule has 0 radical (unpaired) electrons. The molecular weight excluding hydrogens is 411 g/mol. The second-order valence-electron chi connectivity index (χ2n) is 7.18. The summed E-state index contributed by atoms with van der Waals surface area (Å²) < 4.78 is 66.5. The molecular formula is C24H13F5N2. The number of fused-ring (bicyclic) bond motifs is 2. The third-order valence-corrected chi connectivity index (χ3v) is 5.27. The number of alkyl halides is 3. The normalized spacial score (nSPS) is 14.9. The van der Waals surface area contributed by atoms with Crippen LogP contribution in [0.1, 0.15) is 22.3 Å². The van der Waals surface area contributed by atoms with E-state index in [9.17, 15) is 22.0 Å². The van der Waals surface area contributed by atoms with E-state index in [1.54, 1.807) is 24.5 Å². The zero-order valence-corrected chi connectivity index (χ0v) is 15.8. The fraction of sp³-hybridized carbons (Fsp3) is 0.0417. The molecule has 2 nitrogen and oxygen atoms in total. The molecule has 0 aliphatic carbocycles. The maximum atomic E-state index is 13.7. The Morgan fingerprint density at radius 1 is 0.839 bits per heavy atom. The summed E-state index contributed by atoms with van der Waals surface area (Å²) in [4.78, 5) is 7.29. The summed E-state index contributed by atoms with van der Waals surface area (Å²) in [5.41, 5.74) is 3.34. The van der Waals surface area contributed by atoms with Gasteiger partial charge in [0.1, 0.15) is 11.6 Å². The smallest absolute Gasteiger partial charge is 0.360 e. The van der Waals surface area contributed by atoms with E-state index in [2.05, 4.69) is 9.98 Å². The van der Waals surface area contributed by atoms with E-state index in [1.807, 2.05) is 0 Å². The molecule has 5 rings (SSSR count). The predicted octanol–water partition coefficient (Wildman–Crippen LogP) is 7.14. The van der Waals surface area contributed by atoms with Crippen molar-refractivity contribution in [1.82, 2.24) is 4.98 Å². The molecule has 1 aliphatic rings. The molecule has 0 saturated carbocycles. The summed E-state index contributed by atoms with van der Waals surface area (Å²) in [6, 6.07) is 13.3. The molecule has 3 aromatic carbocycles. The molecule has 31 heavy (non-hydrogen) atoms. The first-order valence-corrected chi connectivity index (χ1v) is 9.34. The number of allylic oxidation sites excluding steroid dienone is 1. The number of H-pyrrole nitrogens is 1. The molecule has 0 saturated heterocycles. The van der Waals surface area contributed by atoms with Crippen LogP contribution in [-0.4, -0.2) is 11.2 Å². The van der Waals surface area contributed by atoms with E-state index < -0.39 is 23.4 Å². The van der Waals surface area contributed by atoms with Gasteiger partial charge >= 0.3 is 6.18 Å². The van der Waals surface area contributed by atoms with Gasteiger partial charge < -0.3 is 4.98 Å². The Kier molecular flexibility index (Phi) is 4.28. The molecule has 2 heterocycles. The van der Waals surface area contributed by atoms with Gasteiger partial charge in [0, 0.05) is 51.7 Å². The van der Waals surface area contributed by atoms with Crippen molar-refractivity contribution in [2.45, 2.75) is 6.18 Å². The Hall–Kier alpha value is -3.74. The summed E-state index contributed by atoms with van der Waals surface area (Å²) >= 11 is 0. The fourth-order valence-electron chi connectivity index (χ4n) is 3.83. The summed E-state index contributed by atoms with van der Waals surface area (Å²) in [6.45, 7) is 0. The quantitative estimate of drug-likeness (QED) is 0.331. The first kappa shape index (κ1) is 19.2. The Bertz CT molecular complexity index is 1380. The van der Waals surface area contributed by atoms with Crippen LogP contribution in [0.15, 0.2) is 71.9 Å². The summed E-state index contributed by atoms with van der Waals surface area (Å²) in [5.74, 6) is -0.844. The number of aromatic nitrogens is 1. The van der Waals surface area contributed by atoms with Crippen LogP contribution in [0.5, 0.6) is 0 Å². The number of nitrogens with one attached hydrogen (secondary N) is 1. The Labute approximate surface area is 173 Å². The SMILES string of the molecule is Fc1ccc2c(c1)N=CC2=C(c1ccc(C(F)(F)F)cc1)c1c[nH]c2cc(F)ccc12. The Morgan fingerprint density at radius 3 is 2.29 bits per heavy atom. The average molecular weight is 424 g/mol. The fourth-order valence-corrected chi connectivity index (χ4v) is 3.83. The lowest BCUT2D eigenvalue weighted by Gasteiger charge is -2.13. The average Bonchev–Trinajstić information content (AvgIpc) is 3.32. The van der Waals surface area contributed by atoms with Crippen molar-refractivity contribution in [3.05, 3.63) is 101 Å². The molecule has 154 valence electrons. The van der Waals surface area contributed by atoms with Crippen LogP contribution in [0.25, 0.3) is 22.0 Å². The van der Waals surface area contributed by atoms with Crippen molar-refractivity contribution < 1.29 is 22.0 Å². The predicted molar refractivity (Wildman–Crippen MR) is 110 cm³/mol. The van der Waals surface area contributed by atoms with Gasteiger partial charge in [0.25, 0.3) is 0 Å². The van der Waals surface area contributed by atoms with Crippen LogP contribution in [-0.2, 0) is 6.18 Å². The third kappa shape index (κ3) is 3.32. The van der Waals surface area contributed by atoms with Crippen molar-refractivity contribution in [2.24, 2.45) is 4.99 Å². The standard InChI is InChI=1S/C24H13F5N2/c25-15-5-7-17-19(11-30-21(17)9-15)23(13-1-3-14(4-2-13)24(27,28)29)20-12-31-22-10-16(26)6-8-18(20)22/h1-12,30H. The van der Waals surface area contributed by atoms with E-state index in [1.165, 1.54) is 36.4 Å². The second kappa shape index (κ2) is 6.91. The molecule has 0 unspecified atom stereocenters. The number of rotatable bonds is 2. The number of aromatic amines is 1. The number of benzene rings is 3. The highest BCUT2D eigenvalue weighted by Gasteiger charge is 2.30. The van der Waals surface area contributed by atoms with Gasteiger partial charge in [0.2, 0.25) is 0 Å². The number of halogens is 5. The monoisotopic (exact) mass is 424 g/mol. The maximum absolute atomic E-state index is 13.7. The number of hydrogen-bond donors (Lipinski definition) is 1. The maximum Gasteiger partial charge on any atom is 0.416 e. The molecule has 0 bridgehead atoms. The zero-order chi connectivity index (χ0) is 21.8. The molecule has 4 aromatic rings. The van der Waals surface area contributed by atoms with E-state index >= 15 is 0 Å². The minimum absolute atomic E-state index is 0.409. The molecule has 1 aliphatic heterocycles. The lowest BCUT2D eigenvalue weighted by molar-refractivity contribution is -0.137. The first-order chi connectivity index (χ1) is 14.8. The van der Waals surface area contributed by atoms with E-state index in [0.29, 0.717) is 44.4 Å². The minimum Gasteiger partial charge on any atom is -0.360 e. The van der Waals surface area contributed by atoms with Crippen LogP contribution in [0.2, 0.25) is 0 Å². The van der Waals surface area contributed by atoms with Crippen molar-refractivity contribution in [1.29, 1.82) is 0 Å². The molecule has 0 spiro atoms. The van der Waals surface area contributed by atoms with Gasteiger partial charge in [-0.05, 0) is 48.0 Å². The van der Waals surface area contributed by atoms with Crippen LogP contribution >= 0.6 is 0 Å². The zero-order valence-electron chi connectivity index (χ0n) is 15.8. The van der Waals surface area contributed by atoms with Gasteiger partial charge in [-0.2, -0.15) is 13.2 Å². The van der Waals surface area contributed by atoms with Crippen LogP contribution < -0.4 is 0 Å². The summed E-state index contributed by atoms with van der Waals surface area (Å²) in [5, 5.41) is 0.702. The van der Waals surface area contributed by atoms with Gasteiger partial charge in [0.05, 0.1) is 11.3 Å². The second-order valence-corrected chi connectivity index (χ2v) is 7.18. The summed E-state index contributed by atoms with van der Waals surface area (Å²) in [6.07, 6.45) is -1.21. The lowest BCUT2D eigenvalue weighted by Crippen LogP contribution is -2.04. The van der Waals surface area contributed by atoms with Gasteiger partial charge in [-0.25, -0.2) is 8.78 Å². The molecule has 1 aromatic heterocycles. The van der Waals surface area contributed by atoms with Crippen molar-refractivity contribution in [3.8, 4) is 0 Å². The van der Waals surface area contributed by atoms with Gasteiger partial charge in [0.15, 0.2) is 0 Å². The van der Waals surface area contributed by atoms with E-state index in [0.717, 1.165) is 12.1 Å². The molecule has 7 heteroatoms. The Balaban J connectivity index is 1.78. The largest absolute Gasteiger partial charge is 0.416 e. The third-order valence-electron chi connectivity index (χ3n) is 5.27. The Morgan fingerprint density at radius 2 is 1.55 bits per heavy atom. The number of aliphatic imine (C=N–C) groups is 1. The number of nitrogens with zero attached hydrogens (tertiary/aromatic N) is 1. The molecule has 0 amide bonds. The highest BCUT2D eigenvalue weighted by molar-refractivity contribution is 6.27. The van der Waals surface area contributed by atoms with Crippen molar-refractivity contribution in [3.63, 3.8) is 0 Å². The van der Waals surface area contributed by atoms with Crippen molar-refractivity contribution in [2.75, 3.05) is 0 Å². The molecule has 0 fully saturated rings.